The second-order valence-corrected chi connectivity index (χ2v) is 8.85. The smallest absolute Gasteiger partial charge is 0.330 e. The number of esters is 1. The Kier molecular flexibility index (Phi) is 8.83. The van der Waals surface area contributed by atoms with Crippen molar-refractivity contribution >= 4 is 23.6 Å². The molecule has 29 heavy (non-hydrogen) atoms. The first-order valence-electron chi connectivity index (χ1n) is 10.3. The number of piperidine rings is 1. The zero-order chi connectivity index (χ0) is 21.4. The first-order valence-corrected chi connectivity index (χ1v) is 11.2. The molecule has 0 saturated carbocycles. The number of ether oxygens (including phenoxy) is 2. The number of thioether (sulfide) groups is 1. The molecular formula is C22H34N2O4S. The van der Waals surface area contributed by atoms with Crippen LogP contribution in [-0.2, 0) is 20.1 Å². The van der Waals surface area contributed by atoms with Gasteiger partial charge in [-0.2, -0.15) is 0 Å². The molecule has 2 rings (SSSR count). The minimum atomic E-state index is -0.582. The van der Waals surface area contributed by atoms with E-state index >= 15 is 0 Å². The molecule has 7 heteroatoms. The first kappa shape index (κ1) is 23.5. The Balaban J connectivity index is 2.34. The molecule has 162 valence electrons. The molecule has 1 saturated heterocycles. The summed E-state index contributed by atoms with van der Waals surface area (Å²) in [6.07, 6.45) is 1.66. The van der Waals surface area contributed by atoms with Gasteiger partial charge in [-0.05, 0) is 64.5 Å². The molecule has 1 heterocycles. The molecule has 0 N–H and O–H groups in total. The molecule has 0 radical (unpaired) electrons. The predicted molar refractivity (Wildman–Crippen MR) is 117 cm³/mol. The average molecular weight is 423 g/mol. The van der Waals surface area contributed by atoms with Gasteiger partial charge in [-0.3, -0.25) is 4.79 Å². The van der Waals surface area contributed by atoms with Crippen molar-refractivity contribution in [1.29, 1.82) is 0 Å². The zero-order valence-electron chi connectivity index (χ0n) is 18.3. The van der Waals surface area contributed by atoms with E-state index in [-0.39, 0.29) is 16.6 Å². The largest absolute Gasteiger partial charge is 0.497 e. The number of hydrogen-bond donors (Lipinski definition) is 0. The summed E-state index contributed by atoms with van der Waals surface area (Å²) in [5, 5.41) is 0. The molecule has 1 atom stereocenters. The maximum atomic E-state index is 13.1. The minimum Gasteiger partial charge on any atom is -0.497 e. The van der Waals surface area contributed by atoms with Gasteiger partial charge in [0, 0.05) is 24.0 Å². The number of methoxy groups -OCH3 is 1. The van der Waals surface area contributed by atoms with Gasteiger partial charge in [-0.1, -0.05) is 12.1 Å². The van der Waals surface area contributed by atoms with Crippen molar-refractivity contribution in [3.63, 3.8) is 0 Å². The van der Waals surface area contributed by atoms with Gasteiger partial charge in [0.2, 0.25) is 5.91 Å². The summed E-state index contributed by atoms with van der Waals surface area (Å²) in [6.45, 7) is 7.84. The van der Waals surface area contributed by atoms with Gasteiger partial charge >= 0.3 is 5.97 Å². The van der Waals surface area contributed by atoms with Crippen molar-refractivity contribution in [2.24, 2.45) is 0 Å². The molecule has 0 spiro atoms. The maximum absolute atomic E-state index is 13.1. The van der Waals surface area contributed by atoms with E-state index in [0.29, 0.717) is 13.2 Å². The van der Waals surface area contributed by atoms with Crippen LogP contribution < -0.4 is 4.74 Å². The fourth-order valence-electron chi connectivity index (χ4n) is 3.88. The van der Waals surface area contributed by atoms with Crippen molar-refractivity contribution < 1.29 is 19.1 Å². The van der Waals surface area contributed by atoms with Crippen LogP contribution >= 0.6 is 11.8 Å². The SMILES string of the molecule is CCOC(=O)C(N(CC)C(C)=O)C1(SCc2ccc(OC)cc2)CCN(C)CC1. The molecular weight excluding hydrogens is 388 g/mol. The summed E-state index contributed by atoms with van der Waals surface area (Å²) in [4.78, 5) is 29.4. The van der Waals surface area contributed by atoms with Crippen LogP contribution in [-0.4, -0.2) is 72.9 Å². The summed E-state index contributed by atoms with van der Waals surface area (Å²) in [6, 6.07) is 7.43. The highest BCUT2D eigenvalue weighted by Gasteiger charge is 2.49. The Morgan fingerprint density at radius 3 is 2.31 bits per heavy atom. The third-order valence-corrected chi connectivity index (χ3v) is 7.27. The summed E-state index contributed by atoms with van der Waals surface area (Å²) < 4.78 is 10.3. The molecule has 0 aliphatic carbocycles. The van der Waals surface area contributed by atoms with Crippen LogP contribution in [0.1, 0.15) is 39.2 Å². The third kappa shape index (κ3) is 5.89. The van der Waals surface area contributed by atoms with Crippen LogP contribution in [0.2, 0.25) is 0 Å². The van der Waals surface area contributed by atoms with E-state index in [1.54, 1.807) is 23.8 Å². The fourth-order valence-corrected chi connectivity index (χ4v) is 5.38. The van der Waals surface area contributed by atoms with Crippen molar-refractivity contribution in [3.8, 4) is 5.75 Å². The number of carbonyl (C=O) groups excluding carboxylic acids is 2. The number of amides is 1. The van der Waals surface area contributed by atoms with E-state index in [1.165, 1.54) is 12.5 Å². The van der Waals surface area contributed by atoms with E-state index in [4.69, 9.17) is 9.47 Å². The number of nitrogens with zero attached hydrogens (tertiary/aromatic N) is 2. The van der Waals surface area contributed by atoms with Gasteiger partial charge in [0.25, 0.3) is 0 Å². The van der Waals surface area contributed by atoms with E-state index in [0.717, 1.165) is 37.4 Å². The van der Waals surface area contributed by atoms with Gasteiger partial charge in [-0.25, -0.2) is 4.79 Å². The number of carbonyl (C=O) groups is 2. The fraction of sp³-hybridized carbons (Fsp3) is 0.636. The van der Waals surface area contributed by atoms with Gasteiger partial charge in [0.05, 0.1) is 13.7 Å². The lowest BCUT2D eigenvalue weighted by atomic mass is 9.87. The Hall–Kier alpha value is -1.73. The molecule has 0 aromatic heterocycles. The highest BCUT2D eigenvalue weighted by atomic mass is 32.2. The number of likely N-dealkylation sites (N-methyl/N-ethyl adjacent to an activating group) is 1. The van der Waals surface area contributed by atoms with Crippen molar-refractivity contribution in [3.05, 3.63) is 29.8 Å². The molecule has 1 unspecified atom stereocenters. The molecule has 1 aliphatic heterocycles. The van der Waals surface area contributed by atoms with Crippen LogP contribution in [0.15, 0.2) is 24.3 Å². The third-order valence-electron chi connectivity index (χ3n) is 5.58. The first-order chi connectivity index (χ1) is 13.9. The van der Waals surface area contributed by atoms with E-state index in [1.807, 2.05) is 26.0 Å². The normalized spacial score (nSPS) is 17.4. The van der Waals surface area contributed by atoms with Crippen LogP contribution in [0, 0.1) is 0 Å². The Labute approximate surface area is 178 Å². The minimum absolute atomic E-state index is 0.0890. The highest BCUT2D eigenvalue weighted by Crippen LogP contribution is 2.43. The quantitative estimate of drug-likeness (QED) is 0.570. The van der Waals surface area contributed by atoms with Gasteiger partial charge < -0.3 is 19.3 Å². The topological polar surface area (TPSA) is 59.1 Å². The number of benzene rings is 1. The van der Waals surface area contributed by atoms with Gasteiger partial charge in [-0.15, -0.1) is 11.8 Å². The van der Waals surface area contributed by atoms with Crippen LogP contribution in [0.4, 0.5) is 0 Å². The number of rotatable bonds is 9. The second kappa shape index (κ2) is 10.9. The average Bonchev–Trinajstić information content (AvgIpc) is 2.72. The van der Waals surface area contributed by atoms with Crippen LogP contribution in [0.3, 0.4) is 0 Å². The monoisotopic (exact) mass is 422 g/mol. The van der Waals surface area contributed by atoms with Crippen molar-refractivity contribution in [2.75, 3.05) is 40.4 Å². The Morgan fingerprint density at radius 2 is 1.83 bits per heavy atom. The Morgan fingerprint density at radius 1 is 1.21 bits per heavy atom. The summed E-state index contributed by atoms with van der Waals surface area (Å²) in [5.41, 5.74) is 1.17. The molecule has 1 aromatic carbocycles. The predicted octanol–water partition coefficient (Wildman–Crippen LogP) is 3.19. The highest BCUT2D eigenvalue weighted by molar-refractivity contribution is 8.00. The van der Waals surface area contributed by atoms with Crippen molar-refractivity contribution in [1.82, 2.24) is 9.80 Å². The molecule has 1 aromatic rings. The van der Waals surface area contributed by atoms with E-state index in [9.17, 15) is 9.59 Å². The summed E-state index contributed by atoms with van der Waals surface area (Å²) in [5.74, 6) is 1.20. The molecule has 6 nitrogen and oxygen atoms in total. The molecule has 1 aliphatic rings. The van der Waals surface area contributed by atoms with Gasteiger partial charge in [0.1, 0.15) is 11.8 Å². The lowest BCUT2D eigenvalue weighted by molar-refractivity contribution is -0.156. The number of hydrogen-bond acceptors (Lipinski definition) is 6. The Bertz CT molecular complexity index is 672. The second-order valence-electron chi connectivity index (χ2n) is 7.46. The molecule has 0 bridgehead atoms. The molecule has 1 fully saturated rings. The van der Waals surface area contributed by atoms with Crippen molar-refractivity contribution in [2.45, 2.75) is 50.2 Å². The lowest BCUT2D eigenvalue weighted by Crippen LogP contribution is -2.60. The molecule has 1 amide bonds. The zero-order valence-corrected chi connectivity index (χ0v) is 19.1. The van der Waals surface area contributed by atoms with E-state index in [2.05, 4.69) is 24.1 Å². The van der Waals surface area contributed by atoms with Crippen LogP contribution in [0.5, 0.6) is 5.75 Å². The maximum Gasteiger partial charge on any atom is 0.330 e. The lowest BCUT2D eigenvalue weighted by Gasteiger charge is -2.47. The number of likely N-dealkylation sites (tertiary alicyclic amines) is 1. The summed E-state index contributed by atoms with van der Waals surface area (Å²) >= 11 is 1.77. The van der Waals surface area contributed by atoms with Crippen LogP contribution in [0.25, 0.3) is 0 Å². The standard InChI is InChI=1S/C22H34N2O4S/c1-6-24(17(3)25)20(21(26)28-7-2)22(12-14-23(4)15-13-22)29-16-18-8-10-19(27-5)11-9-18/h8-11,20H,6-7,12-16H2,1-5H3. The summed E-state index contributed by atoms with van der Waals surface area (Å²) in [7, 11) is 3.75. The van der Waals surface area contributed by atoms with E-state index < -0.39 is 6.04 Å². The van der Waals surface area contributed by atoms with Gasteiger partial charge in [0.15, 0.2) is 0 Å².